The van der Waals surface area contributed by atoms with Crippen LogP contribution in [0.15, 0.2) is 77.7 Å². The van der Waals surface area contributed by atoms with Crippen LogP contribution in [-0.2, 0) is 32.8 Å². The summed E-state index contributed by atoms with van der Waals surface area (Å²) in [6.07, 6.45) is 4.08. The van der Waals surface area contributed by atoms with Gasteiger partial charge >= 0.3 is 6.18 Å². The van der Waals surface area contributed by atoms with Gasteiger partial charge in [-0.15, -0.1) is 0 Å². The van der Waals surface area contributed by atoms with Crippen molar-refractivity contribution in [2.24, 2.45) is 0 Å². The number of sulfonamides is 1. The first kappa shape index (κ1) is 31.8. The van der Waals surface area contributed by atoms with Crippen LogP contribution in [0.5, 0.6) is 0 Å². The zero-order valence-corrected chi connectivity index (χ0v) is 26.1. The number of amides is 1. The van der Waals surface area contributed by atoms with Crippen LogP contribution < -0.4 is 10.0 Å². The quantitative estimate of drug-likeness (QED) is 0.255. The molecule has 6 nitrogen and oxygen atoms in total. The zero-order valence-electron chi connectivity index (χ0n) is 25.3. The molecule has 2 aliphatic carbocycles. The maximum atomic E-state index is 13.5. The second-order valence-corrected chi connectivity index (χ2v) is 14.6. The molecule has 0 bridgehead atoms. The van der Waals surface area contributed by atoms with E-state index in [9.17, 15) is 26.4 Å². The van der Waals surface area contributed by atoms with Crippen molar-refractivity contribution >= 4 is 15.9 Å². The molecule has 2 atom stereocenters. The van der Waals surface area contributed by atoms with Gasteiger partial charge in [-0.05, 0) is 98.5 Å². The maximum absolute atomic E-state index is 13.5. The van der Waals surface area contributed by atoms with Gasteiger partial charge in [0.25, 0.3) is 0 Å². The van der Waals surface area contributed by atoms with Gasteiger partial charge < -0.3 is 10.2 Å². The van der Waals surface area contributed by atoms with E-state index in [0.717, 1.165) is 49.6 Å². The van der Waals surface area contributed by atoms with Gasteiger partial charge in [0.2, 0.25) is 15.9 Å². The number of nitrogens with zero attached hydrogens (tertiary/aromatic N) is 1. The molecule has 10 heteroatoms. The summed E-state index contributed by atoms with van der Waals surface area (Å²) < 4.78 is 68.9. The fourth-order valence-corrected chi connectivity index (χ4v) is 8.25. The Balaban J connectivity index is 1.17. The highest BCUT2D eigenvalue weighted by Crippen LogP contribution is 2.50. The Kier molecular flexibility index (Phi) is 9.10. The predicted molar refractivity (Wildman–Crippen MR) is 167 cm³/mol. The van der Waals surface area contributed by atoms with Crippen LogP contribution in [0.1, 0.15) is 91.3 Å². The number of aryl methyl sites for hydroxylation is 1. The van der Waals surface area contributed by atoms with Crippen LogP contribution in [0.4, 0.5) is 13.2 Å². The number of alkyl halides is 3. The molecule has 0 radical (unpaired) electrons. The molecule has 1 saturated heterocycles. The topological polar surface area (TPSA) is 78.5 Å². The summed E-state index contributed by atoms with van der Waals surface area (Å²) in [7, 11) is -4.37. The average molecular weight is 640 g/mol. The molecule has 2 N–H and O–H groups in total. The zero-order chi connectivity index (χ0) is 31.7. The number of carbonyl (C=O) groups is 1. The summed E-state index contributed by atoms with van der Waals surface area (Å²) in [4.78, 5) is 15.6. The van der Waals surface area contributed by atoms with Gasteiger partial charge in [-0.1, -0.05) is 61.0 Å². The number of benzene rings is 3. The molecular weight excluding hydrogens is 599 g/mol. The van der Waals surface area contributed by atoms with E-state index in [1.54, 1.807) is 30.3 Å². The monoisotopic (exact) mass is 639 g/mol. The summed E-state index contributed by atoms with van der Waals surface area (Å²) in [5.41, 5.74) is 3.49. The summed E-state index contributed by atoms with van der Waals surface area (Å²) >= 11 is 0. The molecule has 0 spiro atoms. The Morgan fingerprint density at radius 3 is 2.40 bits per heavy atom. The van der Waals surface area contributed by atoms with Crippen molar-refractivity contribution < 1.29 is 26.4 Å². The Bertz CT molecular complexity index is 1620. The first-order valence-corrected chi connectivity index (χ1v) is 17.4. The maximum Gasteiger partial charge on any atom is 0.416 e. The Morgan fingerprint density at radius 2 is 1.69 bits per heavy atom. The fraction of sp³-hybridized carbons (Fsp3) is 0.457. The van der Waals surface area contributed by atoms with Crippen LogP contribution in [-0.4, -0.2) is 38.9 Å². The van der Waals surface area contributed by atoms with Crippen molar-refractivity contribution in [3.8, 4) is 0 Å². The summed E-state index contributed by atoms with van der Waals surface area (Å²) in [5.74, 6) is -0.332. The molecule has 45 heavy (non-hydrogen) atoms. The lowest BCUT2D eigenvalue weighted by Gasteiger charge is -2.32. The minimum Gasteiger partial charge on any atom is -0.349 e. The largest absolute Gasteiger partial charge is 0.416 e. The molecule has 1 saturated carbocycles. The highest BCUT2D eigenvalue weighted by molar-refractivity contribution is 7.89. The van der Waals surface area contributed by atoms with Crippen LogP contribution in [0.2, 0.25) is 0 Å². The van der Waals surface area contributed by atoms with Crippen molar-refractivity contribution in [2.75, 3.05) is 19.6 Å². The van der Waals surface area contributed by atoms with Crippen molar-refractivity contribution in [3.05, 3.63) is 101 Å². The van der Waals surface area contributed by atoms with Crippen molar-refractivity contribution in [2.45, 2.75) is 86.4 Å². The number of halogens is 3. The molecule has 3 aromatic carbocycles. The molecule has 3 aliphatic rings. The second kappa shape index (κ2) is 12.9. The third-order valence-corrected chi connectivity index (χ3v) is 11.1. The first-order valence-electron chi connectivity index (χ1n) is 15.9. The van der Waals surface area contributed by atoms with E-state index in [1.807, 2.05) is 0 Å². The SMILES string of the molecule is O=C(C[C@@H](NS(=O)(=O)c1cccc(C(F)(F)F)c1)c1ccccc1)N[C@@H]1CCCc2cc(C3(CN4CCCCC4)CC3)ccc21. The highest BCUT2D eigenvalue weighted by Gasteiger charge is 2.46. The number of fused-ring (bicyclic) bond motifs is 1. The van der Waals surface area contributed by atoms with E-state index >= 15 is 0 Å². The molecule has 0 aromatic heterocycles. The molecule has 1 aliphatic heterocycles. The van der Waals surface area contributed by atoms with Gasteiger partial charge in [0.05, 0.1) is 22.5 Å². The van der Waals surface area contributed by atoms with Crippen molar-refractivity contribution in [3.63, 3.8) is 0 Å². The van der Waals surface area contributed by atoms with Crippen LogP contribution in [0.3, 0.4) is 0 Å². The number of hydrogen-bond donors (Lipinski definition) is 2. The summed E-state index contributed by atoms with van der Waals surface area (Å²) in [6.45, 7) is 3.48. The van der Waals surface area contributed by atoms with Crippen LogP contribution in [0, 0.1) is 0 Å². The van der Waals surface area contributed by atoms with Gasteiger partial charge in [-0.2, -0.15) is 13.2 Å². The predicted octanol–water partition coefficient (Wildman–Crippen LogP) is 6.83. The Morgan fingerprint density at radius 1 is 0.933 bits per heavy atom. The van der Waals surface area contributed by atoms with Gasteiger partial charge in [0.15, 0.2) is 0 Å². The highest BCUT2D eigenvalue weighted by atomic mass is 32.2. The summed E-state index contributed by atoms with van der Waals surface area (Å²) in [5, 5.41) is 3.14. The molecule has 3 aromatic rings. The van der Waals surface area contributed by atoms with Gasteiger partial charge in [0, 0.05) is 18.4 Å². The molecule has 6 rings (SSSR count). The van der Waals surface area contributed by atoms with E-state index in [4.69, 9.17) is 0 Å². The number of likely N-dealkylation sites (tertiary alicyclic amines) is 1. The third kappa shape index (κ3) is 7.45. The average Bonchev–Trinajstić information content (AvgIpc) is 3.81. The molecule has 2 fully saturated rings. The lowest BCUT2D eigenvalue weighted by molar-refractivity contribution is -0.137. The molecule has 0 unspecified atom stereocenters. The van der Waals surface area contributed by atoms with E-state index in [-0.39, 0.29) is 23.8 Å². The molecule has 1 heterocycles. The van der Waals surface area contributed by atoms with Crippen LogP contribution in [0.25, 0.3) is 0 Å². The smallest absolute Gasteiger partial charge is 0.349 e. The fourth-order valence-electron chi connectivity index (χ4n) is 6.98. The Hall–Kier alpha value is -3.21. The van der Waals surface area contributed by atoms with Gasteiger partial charge in [-0.3, -0.25) is 4.79 Å². The van der Waals surface area contributed by atoms with E-state index in [1.165, 1.54) is 56.3 Å². The van der Waals surface area contributed by atoms with Gasteiger partial charge in [-0.25, -0.2) is 13.1 Å². The van der Waals surface area contributed by atoms with Crippen molar-refractivity contribution in [1.29, 1.82) is 0 Å². The van der Waals surface area contributed by atoms with E-state index in [0.29, 0.717) is 11.6 Å². The third-order valence-electron chi connectivity index (χ3n) is 9.59. The van der Waals surface area contributed by atoms with Gasteiger partial charge in [0.1, 0.15) is 0 Å². The Labute approximate surface area is 263 Å². The molecule has 1 amide bonds. The molecule has 240 valence electrons. The number of carbonyl (C=O) groups excluding carboxylic acids is 1. The first-order chi connectivity index (χ1) is 21.5. The normalized spacial score (nSPS) is 20.6. The number of piperidine rings is 1. The van der Waals surface area contributed by atoms with E-state index in [2.05, 4.69) is 33.1 Å². The lowest BCUT2D eigenvalue weighted by atomic mass is 9.83. The minimum absolute atomic E-state index is 0.191. The number of nitrogens with one attached hydrogen (secondary N) is 2. The number of hydrogen-bond acceptors (Lipinski definition) is 4. The minimum atomic E-state index is -4.69. The molecular formula is C35H40F3N3O3S. The van der Waals surface area contributed by atoms with E-state index < -0.39 is 32.7 Å². The summed E-state index contributed by atoms with van der Waals surface area (Å²) in [6, 6.07) is 17.8. The van der Waals surface area contributed by atoms with Crippen LogP contribution >= 0.6 is 0 Å². The lowest BCUT2D eigenvalue weighted by Crippen LogP contribution is -2.37. The van der Waals surface area contributed by atoms with Crippen molar-refractivity contribution in [1.82, 2.24) is 14.9 Å². The second-order valence-electron chi connectivity index (χ2n) is 12.9. The number of rotatable bonds is 10. The standard InChI is InChI=1S/C35H40F3N3O3S/c36-35(37,38)28-12-8-13-29(22-28)45(43,44)40-32(25-9-3-1-4-10-25)23-33(42)39-31-14-7-11-26-21-27(15-16-30(26)31)34(17-18-34)24-41-19-5-2-6-20-41/h1,3-4,8-10,12-13,15-16,21-22,31-32,40H,2,5-7,11,14,17-20,23-24H2,(H,39,42)/t31-,32-/m1/s1.